The molecule has 2 rings (SSSR count). The minimum Gasteiger partial charge on any atom is -0.352 e. The third-order valence-corrected chi connectivity index (χ3v) is 1.99. The highest BCUT2D eigenvalue weighted by atomic mass is 16.1. The molecular weight excluding hydrogens is 178 g/mol. The molecular formula is C10H11N3O. The van der Waals surface area contributed by atoms with Gasteiger partial charge in [-0.25, -0.2) is 4.98 Å². The largest absolute Gasteiger partial charge is 0.352 e. The van der Waals surface area contributed by atoms with Crippen molar-refractivity contribution in [3.63, 3.8) is 0 Å². The first kappa shape index (κ1) is 8.74. The topological polar surface area (TPSA) is 46.4 Å². The van der Waals surface area contributed by atoms with Crippen LogP contribution in [0.4, 0.5) is 0 Å². The van der Waals surface area contributed by atoms with Crippen molar-refractivity contribution < 1.29 is 4.79 Å². The van der Waals surface area contributed by atoms with Gasteiger partial charge in [-0.3, -0.25) is 4.79 Å². The molecule has 0 aliphatic heterocycles. The zero-order valence-corrected chi connectivity index (χ0v) is 7.90. The van der Waals surface area contributed by atoms with Crippen LogP contribution in [0.1, 0.15) is 17.3 Å². The third kappa shape index (κ3) is 1.46. The molecule has 0 unspecified atom stereocenters. The first-order chi connectivity index (χ1) is 6.81. The zero-order chi connectivity index (χ0) is 9.97. The molecule has 0 fully saturated rings. The number of pyridine rings is 1. The van der Waals surface area contributed by atoms with Crippen molar-refractivity contribution in [1.29, 1.82) is 0 Å². The van der Waals surface area contributed by atoms with E-state index < -0.39 is 0 Å². The summed E-state index contributed by atoms with van der Waals surface area (Å²) >= 11 is 0. The number of carbonyl (C=O) groups is 1. The van der Waals surface area contributed by atoms with Crippen molar-refractivity contribution in [2.45, 2.75) is 6.92 Å². The van der Waals surface area contributed by atoms with Crippen LogP contribution in [-0.4, -0.2) is 21.8 Å². The van der Waals surface area contributed by atoms with E-state index in [0.717, 1.165) is 5.65 Å². The van der Waals surface area contributed by atoms with E-state index in [1.54, 1.807) is 18.5 Å². The molecule has 2 aromatic heterocycles. The molecule has 0 spiro atoms. The van der Waals surface area contributed by atoms with Crippen molar-refractivity contribution in [3.8, 4) is 0 Å². The van der Waals surface area contributed by atoms with Crippen molar-refractivity contribution in [3.05, 3.63) is 36.3 Å². The van der Waals surface area contributed by atoms with Gasteiger partial charge in [0.05, 0.1) is 5.56 Å². The van der Waals surface area contributed by atoms with Crippen LogP contribution >= 0.6 is 0 Å². The lowest BCUT2D eigenvalue weighted by Gasteiger charge is -2.02. The van der Waals surface area contributed by atoms with Gasteiger partial charge < -0.3 is 9.72 Å². The predicted octanol–water partition coefficient (Wildman–Crippen LogP) is 1.08. The van der Waals surface area contributed by atoms with Crippen molar-refractivity contribution in [2.75, 3.05) is 6.54 Å². The predicted molar refractivity (Wildman–Crippen MR) is 53.2 cm³/mol. The highest BCUT2D eigenvalue weighted by Crippen LogP contribution is 2.04. The number of nitrogens with zero attached hydrogens (tertiary/aromatic N) is 2. The van der Waals surface area contributed by atoms with Gasteiger partial charge in [-0.15, -0.1) is 0 Å². The molecule has 1 N–H and O–H groups in total. The SMILES string of the molecule is CCNC(=O)c1ccc2nccn2c1. The summed E-state index contributed by atoms with van der Waals surface area (Å²) in [7, 11) is 0. The van der Waals surface area contributed by atoms with E-state index in [9.17, 15) is 4.79 Å². The number of carbonyl (C=O) groups excluding carboxylic acids is 1. The molecule has 0 radical (unpaired) electrons. The first-order valence-electron chi connectivity index (χ1n) is 4.52. The van der Waals surface area contributed by atoms with Gasteiger partial charge in [0, 0.05) is 25.1 Å². The quantitative estimate of drug-likeness (QED) is 0.768. The number of aromatic nitrogens is 2. The summed E-state index contributed by atoms with van der Waals surface area (Å²) in [6.07, 6.45) is 5.29. The molecule has 2 heterocycles. The molecule has 4 heteroatoms. The van der Waals surface area contributed by atoms with Gasteiger partial charge in [0.1, 0.15) is 5.65 Å². The maximum Gasteiger partial charge on any atom is 0.252 e. The van der Waals surface area contributed by atoms with Crippen LogP contribution in [0, 0.1) is 0 Å². The minimum atomic E-state index is -0.0527. The maximum atomic E-state index is 11.5. The molecule has 0 aromatic carbocycles. The molecule has 2 aromatic rings. The Morgan fingerprint density at radius 1 is 1.57 bits per heavy atom. The van der Waals surface area contributed by atoms with Gasteiger partial charge in [0.2, 0.25) is 0 Å². The van der Waals surface area contributed by atoms with E-state index in [1.165, 1.54) is 0 Å². The second-order valence-electron chi connectivity index (χ2n) is 2.97. The molecule has 1 amide bonds. The number of imidazole rings is 1. The molecule has 0 bridgehead atoms. The number of hydrogen-bond donors (Lipinski definition) is 1. The van der Waals surface area contributed by atoms with Gasteiger partial charge in [0.25, 0.3) is 5.91 Å². The molecule has 0 saturated heterocycles. The summed E-state index contributed by atoms with van der Waals surface area (Å²) in [4.78, 5) is 15.6. The van der Waals surface area contributed by atoms with Crippen LogP contribution in [-0.2, 0) is 0 Å². The average molecular weight is 189 g/mol. The van der Waals surface area contributed by atoms with Gasteiger partial charge >= 0.3 is 0 Å². The number of fused-ring (bicyclic) bond motifs is 1. The summed E-state index contributed by atoms with van der Waals surface area (Å²) in [5.74, 6) is -0.0527. The molecule has 0 aliphatic carbocycles. The van der Waals surface area contributed by atoms with Crippen LogP contribution in [0.25, 0.3) is 5.65 Å². The first-order valence-corrected chi connectivity index (χ1v) is 4.52. The Hall–Kier alpha value is -1.84. The van der Waals surface area contributed by atoms with E-state index in [1.807, 2.05) is 23.6 Å². The highest BCUT2D eigenvalue weighted by Gasteiger charge is 2.04. The van der Waals surface area contributed by atoms with E-state index in [2.05, 4.69) is 10.3 Å². The van der Waals surface area contributed by atoms with E-state index in [-0.39, 0.29) is 5.91 Å². The van der Waals surface area contributed by atoms with Crippen molar-refractivity contribution >= 4 is 11.6 Å². The Kier molecular flexibility index (Phi) is 2.18. The normalized spacial score (nSPS) is 10.4. The Morgan fingerprint density at radius 2 is 2.43 bits per heavy atom. The molecule has 0 saturated carbocycles. The van der Waals surface area contributed by atoms with E-state index in [4.69, 9.17) is 0 Å². The fraction of sp³-hybridized carbons (Fsp3) is 0.200. The van der Waals surface area contributed by atoms with Gasteiger partial charge in [-0.1, -0.05) is 0 Å². The molecule has 14 heavy (non-hydrogen) atoms. The zero-order valence-electron chi connectivity index (χ0n) is 7.90. The van der Waals surface area contributed by atoms with Crippen molar-refractivity contribution in [2.24, 2.45) is 0 Å². The smallest absolute Gasteiger partial charge is 0.252 e. The van der Waals surface area contributed by atoms with E-state index in [0.29, 0.717) is 12.1 Å². The standard InChI is InChI=1S/C10H11N3O/c1-2-11-10(14)8-3-4-9-12-5-6-13(9)7-8/h3-7H,2H2,1H3,(H,11,14). The number of rotatable bonds is 2. The average Bonchev–Trinajstić information content (AvgIpc) is 2.64. The van der Waals surface area contributed by atoms with Crippen molar-refractivity contribution in [1.82, 2.24) is 14.7 Å². The molecule has 72 valence electrons. The number of hydrogen-bond acceptors (Lipinski definition) is 2. The van der Waals surface area contributed by atoms with Crippen LogP contribution in [0.3, 0.4) is 0 Å². The summed E-state index contributed by atoms with van der Waals surface area (Å²) < 4.78 is 1.82. The minimum absolute atomic E-state index is 0.0527. The monoisotopic (exact) mass is 189 g/mol. The second kappa shape index (κ2) is 3.49. The van der Waals surface area contributed by atoms with Crippen LogP contribution in [0.15, 0.2) is 30.7 Å². The Bertz CT molecular complexity index is 461. The molecule has 0 aliphatic rings. The lowest BCUT2D eigenvalue weighted by atomic mass is 10.2. The van der Waals surface area contributed by atoms with Gasteiger partial charge in [0.15, 0.2) is 0 Å². The Balaban J connectivity index is 2.38. The summed E-state index contributed by atoms with van der Waals surface area (Å²) in [6, 6.07) is 3.60. The number of nitrogens with one attached hydrogen (secondary N) is 1. The lowest BCUT2D eigenvalue weighted by molar-refractivity contribution is 0.0955. The Labute approximate surface area is 81.6 Å². The molecule has 0 atom stereocenters. The second-order valence-corrected chi connectivity index (χ2v) is 2.97. The van der Waals surface area contributed by atoms with E-state index >= 15 is 0 Å². The number of amides is 1. The van der Waals surface area contributed by atoms with Crippen LogP contribution in [0.5, 0.6) is 0 Å². The summed E-state index contributed by atoms with van der Waals surface area (Å²) in [5, 5.41) is 2.75. The third-order valence-electron chi connectivity index (χ3n) is 1.99. The molecule has 4 nitrogen and oxygen atoms in total. The van der Waals surface area contributed by atoms with Gasteiger partial charge in [-0.05, 0) is 19.1 Å². The maximum absolute atomic E-state index is 11.5. The highest BCUT2D eigenvalue weighted by molar-refractivity contribution is 5.94. The lowest BCUT2D eigenvalue weighted by Crippen LogP contribution is -2.22. The fourth-order valence-corrected chi connectivity index (χ4v) is 1.32. The van der Waals surface area contributed by atoms with Crippen LogP contribution in [0.2, 0.25) is 0 Å². The van der Waals surface area contributed by atoms with Crippen LogP contribution < -0.4 is 5.32 Å². The van der Waals surface area contributed by atoms with Gasteiger partial charge in [-0.2, -0.15) is 0 Å². The summed E-state index contributed by atoms with van der Waals surface area (Å²) in [6.45, 7) is 2.54. The fourth-order valence-electron chi connectivity index (χ4n) is 1.32. The summed E-state index contributed by atoms with van der Waals surface area (Å²) in [5.41, 5.74) is 1.50. The Morgan fingerprint density at radius 3 is 3.21 bits per heavy atom.